The molecule has 0 radical (unpaired) electrons. The second kappa shape index (κ2) is 8.90. The summed E-state index contributed by atoms with van der Waals surface area (Å²) < 4.78 is 28.4. The number of alkyl halides is 2. The zero-order valence-corrected chi connectivity index (χ0v) is 13.8. The summed E-state index contributed by atoms with van der Waals surface area (Å²) in [5, 5.41) is 0. The van der Waals surface area contributed by atoms with Gasteiger partial charge in [-0.15, -0.1) is 12.4 Å². The number of carbonyl (C=O) groups is 1. The number of benzene rings is 1. The third-order valence-electron chi connectivity index (χ3n) is 3.17. The van der Waals surface area contributed by atoms with E-state index in [1.54, 1.807) is 31.0 Å². The number of hydrogen-bond donors (Lipinski definition) is 1. The highest BCUT2D eigenvalue weighted by Crippen LogP contribution is 2.17. The monoisotopic (exact) mass is 336 g/mol. The normalized spacial score (nSPS) is 13.2. The van der Waals surface area contributed by atoms with E-state index in [1.807, 2.05) is 6.92 Å². The van der Waals surface area contributed by atoms with Crippen molar-refractivity contribution in [3.63, 3.8) is 0 Å². The summed E-state index contributed by atoms with van der Waals surface area (Å²) in [6.07, 6.45) is 1.43. The Morgan fingerprint density at radius 3 is 2.36 bits per heavy atom. The smallest absolute Gasteiger partial charge is 0.387 e. The van der Waals surface area contributed by atoms with E-state index in [-0.39, 0.29) is 24.1 Å². The molecule has 7 heteroatoms. The largest absolute Gasteiger partial charge is 0.435 e. The maximum absolute atomic E-state index is 12.2. The third-order valence-corrected chi connectivity index (χ3v) is 3.17. The third kappa shape index (κ3) is 6.15. The van der Waals surface area contributed by atoms with Gasteiger partial charge in [-0.2, -0.15) is 8.78 Å². The maximum Gasteiger partial charge on any atom is 0.387 e. The van der Waals surface area contributed by atoms with Gasteiger partial charge < -0.3 is 15.4 Å². The van der Waals surface area contributed by atoms with Gasteiger partial charge >= 0.3 is 6.61 Å². The molecule has 0 heterocycles. The molecule has 1 atom stereocenters. The number of halogens is 3. The van der Waals surface area contributed by atoms with Gasteiger partial charge in [0.15, 0.2) is 0 Å². The second-order valence-corrected chi connectivity index (χ2v) is 5.35. The van der Waals surface area contributed by atoms with Crippen molar-refractivity contribution in [3.8, 4) is 5.75 Å². The minimum absolute atomic E-state index is 0. The van der Waals surface area contributed by atoms with Gasteiger partial charge in [0.05, 0.1) is 5.54 Å². The van der Waals surface area contributed by atoms with E-state index in [1.165, 1.54) is 12.1 Å². The molecule has 0 spiro atoms. The first-order valence-corrected chi connectivity index (χ1v) is 6.84. The second-order valence-electron chi connectivity index (χ2n) is 5.35. The van der Waals surface area contributed by atoms with Crippen LogP contribution in [0.5, 0.6) is 5.75 Å². The lowest BCUT2D eigenvalue weighted by Gasteiger charge is -2.29. The van der Waals surface area contributed by atoms with Crippen LogP contribution in [0.15, 0.2) is 24.3 Å². The van der Waals surface area contributed by atoms with Gasteiger partial charge in [-0.05, 0) is 31.0 Å². The van der Waals surface area contributed by atoms with Crippen molar-refractivity contribution in [2.45, 2.75) is 45.4 Å². The summed E-state index contributed by atoms with van der Waals surface area (Å²) in [5.74, 6) is -0.0466. The van der Waals surface area contributed by atoms with Crippen molar-refractivity contribution >= 4 is 18.3 Å². The Hall–Kier alpha value is -1.40. The van der Waals surface area contributed by atoms with E-state index in [0.717, 1.165) is 12.0 Å². The molecule has 0 aromatic heterocycles. The average Bonchev–Trinajstić information content (AvgIpc) is 2.39. The standard InChI is InChI=1S/C15H22F2N2O2.ClH/c1-4-9-15(2,18)13(20)19(3)10-11-5-7-12(8-6-11)21-14(16)17;/h5-8,14H,4,9-10,18H2,1-3H3;1H. The highest BCUT2D eigenvalue weighted by molar-refractivity contribution is 5.85. The lowest BCUT2D eigenvalue weighted by Crippen LogP contribution is -2.51. The topological polar surface area (TPSA) is 55.6 Å². The molecule has 1 amide bonds. The van der Waals surface area contributed by atoms with Crippen LogP contribution in [0.2, 0.25) is 0 Å². The van der Waals surface area contributed by atoms with Crippen LogP contribution < -0.4 is 10.5 Å². The van der Waals surface area contributed by atoms with Crippen molar-refractivity contribution < 1.29 is 18.3 Å². The zero-order valence-electron chi connectivity index (χ0n) is 13.0. The Kier molecular flexibility index (Phi) is 8.34. The predicted octanol–water partition coefficient (Wildman–Crippen LogP) is 3.19. The van der Waals surface area contributed by atoms with E-state index >= 15 is 0 Å². The lowest BCUT2D eigenvalue weighted by atomic mass is 9.96. The molecule has 0 saturated heterocycles. The van der Waals surface area contributed by atoms with Crippen LogP contribution in [-0.2, 0) is 11.3 Å². The number of likely N-dealkylation sites (N-methyl/N-ethyl adjacent to an activating group) is 1. The van der Waals surface area contributed by atoms with Crippen LogP contribution in [0.25, 0.3) is 0 Å². The van der Waals surface area contributed by atoms with Crippen molar-refractivity contribution in [1.82, 2.24) is 4.90 Å². The van der Waals surface area contributed by atoms with E-state index in [9.17, 15) is 13.6 Å². The molecule has 0 fully saturated rings. The SMILES string of the molecule is CCCC(C)(N)C(=O)N(C)Cc1ccc(OC(F)F)cc1.Cl. The molecule has 1 aromatic rings. The van der Waals surface area contributed by atoms with Crippen LogP contribution in [0.1, 0.15) is 32.3 Å². The van der Waals surface area contributed by atoms with Gasteiger partial charge in [0.1, 0.15) is 5.75 Å². The number of rotatable bonds is 7. The van der Waals surface area contributed by atoms with Gasteiger partial charge in [-0.25, -0.2) is 0 Å². The number of nitrogens with two attached hydrogens (primary N) is 1. The molecule has 0 aliphatic heterocycles. The number of amides is 1. The van der Waals surface area contributed by atoms with E-state index in [0.29, 0.717) is 13.0 Å². The highest BCUT2D eigenvalue weighted by atomic mass is 35.5. The molecule has 1 unspecified atom stereocenters. The number of nitrogens with zero attached hydrogens (tertiary/aromatic N) is 1. The van der Waals surface area contributed by atoms with Crippen LogP contribution in [0, 0.1) is 0 Å². The Morgan fingerprint density at radius 1 is 1.36 bits per heavy atom. The Labute approximate surface area is 136 Å². The Bertz CT molecular complexity index is 467. The molecular weight excluding hydrogens is 314 g/mol. The Balaban J connectivity index is 0.00000441. The quantitative estimate of drug-likeness (QED) is 0.832. The average molecular weight is 337 g/mol. The van der Waals surface area contributed by atoms with Crippen molar-refractivity contribution in [2.24, 2.45) is 5.73 Å². The van der Waals surface area contributed by atoms with Crippen LogP contribution in [0.3, 0.4) is 0 Å². The van der Waals surface area contributed by atoms with Gasteiger partial charge in [0.25, 0.3) is 0 Å². The molecule has 1 rings (SSSR count). The van der Waals surface area contributed by atoms with E-state index < -0.39 is 12.2 Å². The van der Waals surface area contributed by atoms with Crippen molar-refractivity contribution in [2.75, 3.05) is 7.05 Å². The molecule has 22 heavy (non-hydrogen) atoms. The molecule has 4 nitrogen and oxygen atoms in total. The molecular formula is C15H23ClF2N2O2. The number of carbonyl (C=O) groups excluding carboxylic acids is 1. The maximum atomic E-state index is 12.2. The zero-order chi connectivity index (χ0) is 16.0. The summed E-state index contributed by atoms with van der Waals surface area (Å²) in [6, 6.07) is 6.20. The minimum atomic E-state index is -2.84. The molecule has 1 aromatic carbocycles. The summed E-state index contributed by atoms with van der Waals surface area (Å²) in [7, 11) is 1.67. The fraction of sp³-hybridized carbons (Fsp3) is 0.533. The van der Waals surface area contributed by atoms with Crippen LogP contribution in [0.4, 0.5) is 8.78 Å². The summed E-state index contributed by atoms with van der Waals surface area (Å²) in [5.41, 5.74) is 5.94. The van der Waals surface area contributed by atoms with Gasteiger partial charge in [-0.3, -0.25) is 4.79 Å². The summed E-state index contributed by atoms with van der Waals surface area (Å²) in [4.78, 5) is 13.8. The van der Waals surface area contributed by atoms with Crippen molar-refractivity contribution in [3.05, 3.63) is 29.8 Å². The number of ether oxygens (including phenoxy) is 1. The van der Waals surface area contributed by atoms with Crippen LogP contribution in [-0.4, -0.2) is 30.0 Å². The molecule has 0 saturated carbocycles. The molecule has 0 aliphatic carbocycles. The highest BCUT2D eigenvalue weighted by Gasteiger charge is 2.29. The predicted molar refractivity (Wildman–Crippen MR) is 84.3 cm³/mol. The first-order valence-electron chi connectivity index (χ1n) is 6.84. The van der Waals surface area contributed by atoms with Crippen LogP contribution >= 0.6 is 12.4 Å². The fourth-order valence-corrected chi connectivity index (χ4v) is 2.18. The summed E-state index contributed by atoms with van der Waals surface area (Å²) >= 11 is 0. The summed E-state index contributed by atoms with van der Waals surface area (Å²) in [6.45, 7) is 1.21. The van der Waals surface area contributed by atoms with Crippen molar-refractivity contribution in [1.29, 1.82) is 0 Å². The van der Waals surface area contributed by atoms with Gasteiger partial charge in [0, 0.05) is 13.6 Å². The first kappa shape index (κ1) is 20.6. The van der Waals surface area contributed by atoms with Gasteiger partial charge in [-0.1, -0.05) is 25.5 Å². The lowest BCUT2D eigenvalue weighted by molar-refractivity contribution is -0.135. The first-order chi connectivity index (χ1) is 9.76. The molecule has 0 aliphatic rings. The van der Waals surface area contributed by atoms with Gasteiger partial charge in [0.2, 0.25) is 5.91 Å². The molecule has 2 N–H and O–H groups in total. The molecule has 126 valence electrons. The fourth-order valence-electron chi connectivity index (χ4n) is 2.18. The Morgan fingerprint density at radius 2 is 1.91 bits per heavy atom. The van der Waals surface area contributed by atoms with E-state index in [2.05, 4.69) is 4.74 Å². The molecule has 0 bridgehead atoms. The minimum Gasteiger partial charge on any atom is -0.435 e. The number of hydrogen-bond acceptors (Lipinski definition) is 3. The van der Waals surface area contributed by atoms with E-state index in [4.69, 9.17) is 5.73 Å².